The zero-order chi connectivity index (χ0) is 11.3. The van der Waals surface area contributed by atoms with Crippen molar-refractivity contribution in [2.24, 2.45) is 0 Å². The first-order valence-electron chi connectivity index (χ1n) is 4.33. The monoisotopic (exact) mass is 245 g/mol. The van der Waals surface area contributed by atoms with Gasteiger partial charge in [0.25, 0.3) is 0 Å². The number of halogens is 1. The van der Waals surface area contributed by atoms with E-state index in [4.69, 9.17) is 11.6 Å². The maximum absolute atomic E-state index is 11.2. The van der Waals surface area contributed by atoms with Gasteiger partial charge in [0.15, 0.2) is 9.84 Å². The van der Waals surface area contributed by atoms with Crippen LogP contribution in [-0.2, 0) is 9.84 Å². The van der Waals surface area contributed by atoms with Crippen LogP contribution in [0.1, 0.15) is 0 Å². The van der Waals surface area contributed by atoms with Gasteiger partial charge in [-0.1, -0.05) is 17.7 Å². The van der Waals surface area contributed by atoms with E-state index in [1.54, 1.807) is 30.3 Å². The summed E-state index contributed by atoms with van der Waals surface area (Å²) in [6.07, 6.45) is 2.94. The third kappa shape index (κ3) is 3.93. The average Bonchev–Trinajstić information content (AvgIpc) is 2.18. The molecule has 0 spiro atoms. The number of hydrogen-bond acceptors (Lipinski definition) is 3. The molecule has 0 aromatic heterocycles. The lowest BCUT2D eigenvalue weighted by Crippen LogP contribution is -2.00. The van der Waals surface area contributed by atoms with Gasteiger partial charge in [0.2, 0.25) is 0 Å². The van der Waals surface area contributed by atoms with Crippen LogP contribution in [0.25, 0.3) is 0 Å². The standard InChI is InChI=1S/C10H12ClNO2S/c1-15(13,14)10-5-3-9(4-6-10)12-8-2-7-11/h2-7,12H,8H2,1H3/b7-2+. The zero-order valence-corrected chi connectivity index (χ0v) is 9.85. The molecule has 0 radical (unpaired) electrons. The van der Waals surface area contributed by atoms with Gasteiger partial charge in [0, 0.05) is 24.0 Å². The lowest BCUT2D eigenvalue weighted by atomic mass is 10.3. The number of rotatable bonds is 4. The van der Waals surface area contributed by atoms with Gasteiger partial charge in [-0.05, 0) is 24.3 Å². The summed E-state index contributed by atoms with van der Waals surface area (Å²) in [5, 5.41) is 3.06. The van der Waals surface area contributed by atoms with Crippen LogP contribution in [0.3, 0.4) is 0 Å². The molecule has 82 valence electrons. The third-order valence-corrected chi connectivity index (χ3v) is 3.10. The molecule has 0 aliphatic rings. The highest BCUT2D eigenvalue weighted by Gasteiger charge is 2.05. The molecular formula is C10H12ClNO2S. The van der Waals surface area contributed by atoms with E-state index in [0.29, 0.717) is 11.4 Å². The molecule has 1 N–H and O–H groups in total. The van der Waals surface area contributed by atoms with Crippen molar-refractivity contribution in [2.75, 3.05) is 18.1 Å². The molecule has 1 aromatic rings. The Kier molecular flexibility index (Phi) is 4.17. The molecular weight excluding hydrogens is 234 g/mol. The van der Waals surface area contributed by atoms with Crippen LogP contribution >= 0.6 is 11.6 Å². The van der Waals surface area contributed by atoms with E-state index < -0.39 is 9.84 Å². The van der Waals surface area contributed by atoms with Crippen LogP contribution in [-0.4, -0.2) is 21.2 Å². The molecule has 0 aliphatic heterocycles. The molecule has 0 atom stereocenters. The van der Waals surface area contributed by atoms with Crippen molar-refractivity contribution in [2.45, 2.75) is 4.90 Å². The summed E-state index contributed by atoms with van der Waals surface area (Å²) < 4.78 is 22.3. The Morgan fingerprint density at radius 1 is 1.33 bits per heavy atom. The van der Waals surface area contributed by atoms with Gasteiger partial charge in [-0.25, -0.2) is 8.42 Å². The Bertz CT molecular complexity index is 437. The summed E-state index contributed by atoms with van der Waals surface area (Å²) in [5.74, 6) is 0. The van der Waals surface area contributed by atoms with E-state index in [1.807, 2.05) is 0 Å². The highest BCUT2D eigenvalue weighted by Crippen LogP contribution is 2.13. The minimum Gasteiger partial charge on any atom is -0.382 e. The fraction of sp³-hybridized carbons (Fsp3) is 0.200. The molecule has 0 saturated carbocycles. The van der Waals surface area contributed by atoms with Crippen molar-refractivity contribution in [3.8, 4) is 0 Å². The predicted octanol–water partition coefficient (Wildman–Crippen LogP) is 2.25. The SMILES string of the molecule is CS(=O)(=O)c1ccc(NC/C=C/Cl)cc1. The molecule has 0 bridgehead atoms. The second-order valence-corrected chi connectivity index (χ2v) is 5.31. The second-order valence-electron chi connectivity index (χ2n) is 3.04. The smallest absolute Gasteiger partial charge is 0.175 e. The maximum Gasteiger partial charge on any atom is 0.175 e. The highest BCUT2D eigenvalue weighted by atomic mass is 35.5. The number of hydrogen-bond donors (Lipinski definition) is 1. The van der Waals surface area contributed by atoms with Crippen LogP contribution in [0, 0.1) is 0 Å². The largest absolute Gasteiger partial charge is 0.382 e. The summed E-state index contributed by atoms with van der Waals surface area (Å²) >= 11 is 5.35. The molecule has 5 heteroatoms. The lowest BCUT2D eigenvalue weighted by Gasteiger charge is -2.03. The normalized spacial score (nSPS) is 11.9. The first-order valence-corrected chi connectivity index (χ1v) is 6.66. The van der Waals surface area contributed by atoms with E-state index >= 15 is 0 Å². The van der Waals surface area contributed by atoms with Crippen molar-refractivity contribution < 1.29 is 8.42 Å². The molecule has 0 unspecified atom stereocenters. The van der Waals surface area contributed by atoms with Gasteiger partial charge >= 0.3 is 0 Å². The highest BCUT2D eigenvalue weighted by molar-refractivity contribution is 7.90. The fourth-order valence-electron chi connectivity index (χ4n) is 1.04. The zero-order valence-electron chi connectivity index (χ0n) is 8.27. The molecule has 0 heterocycles. The van der Waals surface area contributed by atoms with Crippen LogP contribution in [0.5, 0.6) is 0 Å². The summed E-state index contributed by atoms with van der Waals surface area (Å²) in [4.78, 5) is 0.320. The Labute approximate surface area is 94.7 Å². The van der Waals surface area contributed by atoms with Crippen molar-refractivity contribution in [3.63, 3.8) is 0 Å². The Hall–Kier alpha value is -1.00. The lowest BCUT2D eigenvalue weighted by molar-refractivity contribution is 0.602. The Morgan fingerprint density at radius 3 is 2.40 bits per heavy atom. The van der Waals surface area contributed by atoms with Crippen molar-refractivity contribution in [3.05, 3.63) is 35.9 Å². The van der Waals surface area contributed by atoms with E-state index in [9.17, 15) is 8.42 Å². The quantitative estimate of drug-likeness (QED) is 0.885. The molecule has 3 nitrogen and oxygen atoms in total. The molecule has 0 aliphatic carbocycles. The second kappa shape index (κ2) is 5.19. The number of benzene rings is 1. The molecule has 1 aromatic carbocycles. The first kappa shape index (κ1) is 12.1. The summed E-state index contributed by atoms with van der Waals surface area (Å²) in [5.41, 5.74) is 2.29. The summed E-state index contributed by atoms with van der Waals surface area (Å²) in [7, 11) is -3.11. The van der Waals surface area contributed by atoms with E-state index in [2.05, 4.69) is 5.32 Å². The first-order chi connectivity index (χ1) is 7.04. The van der Waals surface area contributed by atoms with Gasteiger partial charge in [0.1, 0.15) is 0 Å². The molecule has 1 rings (SSSR count). The summed E-state index contributed by atoms with van der Waals surface area (Å²) in [6, 6.07) is 6.58. The number of anilines is 1. The Morgan fingerprint density at radius 2 is 1.93 bits per heavy atom. The predicted molar refractivity (Wildman–Crippen MR) is 63.0 cm³/mol. The van der Waals surface area contributed by atoms with E-state index in [-0.39, 0.29) is 0 Å². The fourth-order valence-corrected chi connectivity index (χ4v) is 1.76. The average molecular weight is 246 g/mol. The maximum atomic E-state index is 11.2. The molecule has 0 amide bonds. The van der Waals surface area contributed by atoms with Crippen LogP contribution in [0.4, 0.5) is 5.69 Å². The van der Waals surface area contributed by atoms with Gasteiger partial charge in [-0.2, -0.15) is 0 Å². The van der Waals surface area contributed by atoms with Gasteiger partial charge < -0.3 is 5.32 Å². The van der Waals surface area contributed by atoms with Crippen molar-refractivity contribution in [1.29, 1.82) is 0 Å². The molecule has 0 fully saturated rings. The van der Waals surface area contributed by atoms with Gasteiger partial charge in [-0.3, -0.25) is 0 Å². The van der Waals surface area contributed by atoms with Crippen LogP contribution in [0.15, 0.2) is 40.8 Å². The van der Waals surface area contributed by atoms with Gasteiger partial charge in [0.05, 0.1) is 4.90 Å². The van der Waals surface area contributed by atoms with Crippen LogP contribution in [0.2, 0.25) is 0 Å². The van der Waals surface area contributed by atoms with E-state index in [0.717, 1.165) is 5.69 Å². The van der Waals surface area contributed by atoms with E-state index in [1.165, 1.54) is 11.8 Å². The minimum absolute atomic E-state index is 0.320. The van der Waals surface area contributed by atoms with Crippen LogP contribution < -0.4 is 5.32 Å². The Balaban J connectivity index is 2.73. The molecule has 0 saturated heterocycles. The van der Waals surface area contributed by atoms with Crippen molar-refractivity contribution in [1.82, 2.24) is 0 Å². The third-order valence-electron chi connectivity index (χ3n) is 1.80. The topological polar surface area (TPSA) is 46.2 Å². The molecule has 15 heavy (non-hydrogen) atoms. The number of nitrogens with one attached hydrogen (secondary N) is 1. The number of sulfone groups is 1. The van der Waals surface area contributed by atoms with Crippen molar-refractivity contribution >= 4 is 27.1 Å². The minimum atomic E-state index is -3.11. The van der Waals surface area contributed by atoms with Gasteiger partial charge in [-0.15, -0.1) is 0 Å². The summed E-state index contributed by atoms with van der Waals surface area (Å²) in [6.45, 7) is 0.613.